The molecule has 0 aromatic carbocycles. The number of halogens is 1. The van der Waals surface area contributed by atoms with E-state index < -0.39 is 0 Å². The molecule has 0 fully saturated rings. The molecule has 0 saturated heterocycles. The molecule has 1 N–H and O–H groups in total. The highest BCUT2D eigenvalue weighted by molar-refractivity contribution is 6.30. The zero-order valence-electron chi connectivity index (χ0n) is 10.5. The molecular formula is C13H21ClN2. The first-order chi connectivity index (χ1) is 7.52. The summed E-state index contributed by atoms with van der Waals surface area (Å²) < 4.78 is 0. The molecule has 1 rings (SSSR count). The third-order valence-electron chi connectivity index (χ3n) is 3.38. The van der Waals surface area contributed by atoms with Gasteiger partial charge in [0.15, 0.2) is 0 Å². The zero-order chi connectivity index (χ0) is 12.2. The Morgan fingerprint density at radius 1 is 1.44 bits per heavy atom. The normalized spacial score (nSPS) is 13.8. The molecule has 0 spiro atoms. The highest BCUT2D eigenvalue weighted by Crippen LogP contribution is 2.24. The van der Waals surface area contributed by atoms with Gasteiger partial charge in [-0.1, -0.05) is 31.5 Å². The largest absolute Gasteiger partial charge is 0.305 e. The summed E-state index contributed by atoms with van der Waals surface area (Å²) in [5.74, 6) is 0. The number of pyridine rings is 1. The maximum Gasteiger partial charge on any atom is 0.133 e. The number of rotatable bonds is 5. The van der Waals surface area contributed by atoms with Gasteiger partial charge >= 0.3 is 0 Å². The summed E-state index contributed by atoms with van der Waals surface area (Å²) >= 11 is 6.08. The van der Waals surface area contributed by atoms with E-state index in [-0.39, 0.29) is 11.6 Å². The molecule has 16 heavy (non-hydrogen) atoms. The van der Waals surface area contributed by atoms with Crippen LogP contribution in [0.4, 0.5) is 0 Å². The van der Waals surface area contributed by atoms with Crippen LogP contribution < -0.4 is 5.32 Å². The first kappa shape index (κ1) is 13.5. The fourth-order valence-corrected chi connectivity index (χ4v) is 2.06. The van der Waals surface area contributed by atoms with E-state index in [2.05, 4.69) is 38.0 Å². The number of hydrogen-bond acceptors (Lipinski definition) is 2. The maximum absolute atomic E-state index is 6.08. The van der Waals surface area contributed by atoms with Crippen LogP contribution in [0.2, 0.25) is 5.15 Å². The summed E-state index contributed by atoms with van der Waals surface area (Å²) in [6.45, 7) is 8.78. The Balaban J connectivity index is 2.80. The van der Waals surface area contributed by atoms with Crippen molar-refractivity contribution in [3.63, 3.8) is 0 Å². The van der Waals surface area contributed by atoms with Crippen molar-refractivity contribution in [1.82, 2.24) is 10.3 Å². The van der Waals surface area contributed by atoms with Crippen LogP contribution >= 0.6 is 11.6 Å². The molecule has 0 saturated carbocycles. The lowest BCUT2D eigenvalue weighted by atomic mass is 9.93. The van der Waals surface area contributed by atoms with E-state index in [0.29, 0.717) is 5.15 Å². The van der Waals surface area contributed by atoms with Crippen molar-refractivity contribution >= 4 is 11.6 Å². The van der Waals surface area contributed by atoms with E-state index in [0.717, 1.165) is 18.4 Å². The molecule has 1 heterocycles. The van der Waals surface area contributed by atoms with Gasteiger partial charge in [0.2, 0.25) is 0 Å². The monoisotopic (exact) mass is 240 g/mol. The second-order valence-electron chi connectivity index (χ2n) is 4.52. The van der Waals surface area contributed by atoms with Crippen molar-refractivity contribution in [3.05, 3.63) is 29.0 Å². The van der Waals surface area contributed by atoms with Crippen LogP contribution in [0.25, 0.3) is 0 Å². The second-order valence-corrected chi connectivity index (χ2v) is 4.88. The minimum atomic E-state index is 0.165. The summed E-state index contributed by atoms with van der Waals surface area (Å²) in [5, 5.41) is 4.22. The molecule has 0 radical (unpaired) electrons. The minimum absolute atomic E-state index is 0.165. The van der Waals surface area contributed by atoms with Gasteiger partial charge in [0.05, 0.1) is 0 Å². The predicted molar refractivity (Wildman–Crippen MR) is 69.8 cm³/mol. The highest BCUT2D eigenvalue weighted by atomic mass is 35.5. The van der Waals surface area contributed by atoms with E-state index in [9.17, 15) is 0 Å². The molecule has 0 bridgehead atoms. The van der Waals surface area contributed by atoms with Gasteiger partial charge < -0.3 is 5.32 Å². The third-order valence-corrected chi connectivity index (χ3v) is 3.70. The molecule has 0 aliphatic carbocycles. The Bertz CT molecular complexity index is 334. The molecule has 1 atom stereocenters. The molecule has 0 aliphatic rings. The Hall–Kier alpha value is -0.600. The molecule has 2 nitrogen and oxygen atoms in total. The SMILES string of the molecule is CCC(C)(CC)NC(C)c1cccnc1Cl. The van der Waals surface area contributed by atoms with Crippen LogP contribution in [0.3, 0.4) is 0 Å². The van der Waals surface area contributed by atoms with Gasteiger partial charge in [-0.05, 0) is 32.8 Å². The molecule has 1 aromatic heterocycles. The van der Waals surface area contributed by atoms with Gasteiger partial charge in [-0.3, -0.25) is 0 Å². The number of hydrogen-bond donors (Lipinski definition) is 1. The van der Waals surface area contributed by atoms with Crippen molar-refractivity contribution in [2.75, 3.05) is 0 Å². The summed E-state index contributed by atoms with van der Waals surface area (Å²) in [4.78, 5) is 4.11. The second kappa shape index (κ2) is 5.65. The van der Waals surface area contributed by atoms with Crippen molar-refractivity contribution in [1.29, 1.82) is 0 Å². The average molecular weight is 241 g/mol. The molecule has 0 aliphatic heterocycles. The summed E-state index contributed by atoms with van der Waals surface area (Å²) in [5.41, 5.74) is 1.23. The fraction of sp³-hybridized carbons (Fsp3) is 0.615. The quantitative estimate of drug-likeness (QED) is 0.788. The summed E-state index contributed by atoms with van der Waals surface area (Å²) in [7, 11) is 0. The Kier molecular flexibility index (Phi) is 4.75. The van der Waals surface area contributed by atoms with Gasteiger partial charge in [-0.25, -0.2) is 4.98 Å². The van der Waals surface area contributed by atoms with Crippen LogP contribution in [0.15, 0.2) is 18.3 Å². The third kappa shape index (κ3) is 3.19. The molecule has 90 valence electrons. The van der Waals surface area contributed by atoms with Crippen LogP contribution in [0, 0.1) is 0 Å². The van der Waals surface area contributed by atoms with E-state index in [1.165, 1.54) is 0 Å². The van der Waals surface area contributed by atoms with Crippen LogP contribution in [0.5, 0.6) is 0 Å². The Morgan fingerprint density at radius 2 is 2.06 bits per heavy atom. The summed E-state index contributed by atoms with van der Waals surface area (Å²) in [6.07, 6.45) is 3.93. The van der Waals surface area contributed by atoms with E-state index in [4.69, 9.17) is 11.6 Å². The predicted octanol–water partition coefficient (Wildman–Crippen LogP) is 3.96. The maximum atomic E-state index is 6.08. The smallest absolute Gasteiger partial charge is 0.133 e. The lowest BCUT2D eigenvalue weighted by molar-refractivity contribution is 0.299. The first-order valence-corrected chi connectivity index (χ1v) is 6.28. The molecule has 0 amide bonds. The van der Waals surface area contributed by atoms with E-state index in [1.807, 2.05) is 12.1 Å². The van der Waals surface area contributed by atoms with Crippen LogP contribution in [-0.4, -0.2) is 10.5 Å². The Morgan fingerprint density at radius 3 is 2.56 bits per heavy atom. The molecule has 1 aromatic rings. The van der Waals surface area contributed by atoms with E-state index in [1.54, 1.807) is 6.20 Å². The number of nitrogens with one attached hydrogen (secondary N) is 1. The van der Waals surface area contributed by atoms with Gasteiger partial charge in [0.1, 0.15) is 5.15 Å². The molecular weight excluding hydrogens is 220 g/mol. The minimum Gasteiger partial charge on any atom is -0.305 e. The lowest BCUT2D eigenvalue weighted by Crippen LogP contribution is -2.42. The topological polar surface area (TPSA) is 24.9 Å². The van der Waals surface area contributed by atoms with E-state index >= 15 is 0 Å². The Labute approximate surface area is 103 Å². The van der Waals surface area contributed by atoms with Crippen molar-refractivity contribution < 1.29 is 0 Å². The highest BCUT2D eigenvalue weighted by Gasteiger charge is 2.23. The first-order valence-electron chi connectivity index (χ1n) is 5.90. The average Bonchev–Trinajstić information content (AvgIpc) is 2.29. The van der Waals surface area contributed by atoms with Crippen LogP contribution in [0.1, 0.15) is 52.1 Å². The van der Waals surface area contributed by atoms with Crippen molar-refractivity contribution in [2.45, 2.75) is 52.1 Å². The van der Waals surface area contributed by atoms with Crippen LogP contribution in [-0.2, 0) is 0 Å². The lowest BCUT2D eigenvalue weighted by Gasteiger charge is -2.32. The number of nitrogens with zero attached hydrogens (tertiary/aromatic N) is 1. The van der Waals surface area contributed by atoms with Gasteiger partial charge in [-0.15, -0.1) is 0 Å². The van der Waals surface area contributed by atoms with Gasteiger partial charge in [0, 0.05) is 23.3 Å². The fourth-order valence-electron chi connectivity index (χ4n) is 1.78. The van der Waals surface area contributed by atoms with Gasteiger partial charge in [0.25, 0.3) is 0 Å². The van der Waals surface area contributed by atoms with Crippen molar-refractivity contribution in [3.8, 4) is 0 Å². The summed E-state index contributed by atoms with van der Waals surface area (Å²) in [6, 6.07) is 4.18. The van der Waals surface area contributed by atoms with Gasteiger partial charge in [-0.2, -0.15) is 0 Å². The number of aromatic nitrogens is 1. The molecule has 3 heteroatoms. The molecule has 1 unspecified atom stereocenters. The standard InChI is InChI=1S/C13H21ClN2/c1-5-13(4,6-2)16-10(3)11-8-7-9-15-12(11)14/h7-10,16H,5-6H2,1-4H3. The van der Waals surface area contributed by atoms with Crippen molar-refractivity contribution in [2.24, 2.45) is 0 Å². The zero-order valence-corrected chi connectivity index (χ0v) is 11.3.